The molecule has 1 unspecified atom stereocenters. The van der Waals surface area contributed by atoms with Gasteiger partial charge in [0.1, 0.15) is 0 Å². The van der Waals surface area contributed by atoms with Gasteiger partial charge in [-0.25, -0.2) is 4.39 Å². The van der Waals surface area contributed by atoms with Gasteiger partial charge in [-0.05, 0) is 41.5 Å². The van der Waals surface area contributed by atoms with Gasteiger partial charge in [0.15, 0.2) is 11.6 Å². The number of hydrogen-bond donors (Lipinski definition) is 1. The predicted molar refractivity (Wildman–Crippen MR) is 80.0 cm³/mol. The van der Waals surface area contributed by atoms with Gasteiger partial charge < -0.3 is 9.84 Å². The Morgan fingerprint density at radius 3 is 2.43 bits per heavy atom. The number of ether oxygens (including phenoxy) is 1. The monoisotopic (exact) mass is 286 g/mol. The Hall–Kier alpha value is -1.87. The molecule has 0 radical (unpaired) electrons. The van der Waals surface area contributed by atoms with Crippen molar-refractivity contribution in [1.82, 2.24) is 0 Å². The number of rotatable bonds is 4. The molecule has 2 aromatic carbocycles. The summed E-state index contributed by atoms with van der Waals surface area (Å²) in [7, 11) is 1.45. The first kappa shape index (κ1) is 14.1. The highest BCUT2D eigenvalue weighted by atomic mass is 19.1. The molecule has 1 atom stereocenters. The van der Waals surface area contributed by atoms with Gasteiger partial charge in [0.25, 0.3) is 0 Å². The summed E-state index contributed by atoms with van der Waals surface area (Å²) in [5, 5.41) is 10.5. The molecule has 0 heterocycles. The zero-order chi connectivity index (χ0) is 14.8. The number of aliphatic hydroxyl groups is 1. The molecule has 0 aromatic heterocycles. The minimum Gasteiger partial charge on any atom is -0.494 e. The third kappa shape index (κ3) is 2.79. The second kappa shape index (κ2) is 5.86. The summed E-state index contributed by atoms with van der Waals surface area (Å²) in [4.78, 5) is 0. The van der Waals surface area contributed by atoms with Crippen LogP contribution in [0.15, 0.2) is 42.5 Å². The van der Waals surface area contributed by atoms with E-state index in [2.05, 4.69) is 12.1 Å². The summed E-state index contributed by atoms with van der Waals surface area (Å²) in [5.41, 5.74) is 3.11. The number of halogens is 1. The molecule has 3 heteroatoms. The smallest absolute Gasteiger partial charge is 0.168 e. The summed E-state index contributed by atoms with van der Waals surface area (Å²) in [6, 6.07) is 13.3. The normalized spacial score (nSPS) is 15.8. The van der Waals surface area contributed by atoms with Gasteiger partial charge in [0.2, 0.25) is 0 Å². The minimum atomic E-state index is -0.543. The van der Waals surface area contributed by atoms with Gasteiger partial charge in [-0.1, -0.05) is 36.4 Å². The largest absolute Gasteiger partial charge is 0.494 e. The van der Waals surface area contributed by atoms with Crippen molar-refractivity contribution in [2.75, 3.05) is 7.11 Å². The highest BCUT2D eigenvalue weighted by Crippen LogP contribution is 2.31. The Labute approximate surface area is 124 Å². The van der Waals surface area contributed by atoms with E-state index in [1.165, 1.54) is 18.2 Å². The predicted octanol–water partition coefficient (Wildman–Crippen LogP) is 3.15. The number of hydrogen-bond acceptors (Lipinski definition) is 2. The molecule has 0 amide bonds. The van der Waals surface area contributed by atoms with Gasteiger partial charge in [0.05, 0.1) is 13.2 Å². The second-order valence-electron chi connectivity index (χ2n) is 5.64. The van der Waals surface area contributed by atoms with E-state index in [0.717, 1.165) is 12.8 Å². The Morgan fingerprint density at radius 1 is 1.14 bits per heavy atom. The van der Waals surface area contributed by atoms with Crippen molar-refractivity contribution in [2.24, 2.45) is 5.92 Å². The number of aliphatic hydroxyl groups excluding tert-OH is 1. The maximum atomic E-state index is 14.1. The van der Waals surface area contributed by atoms with Crippen molar-refractivity contribution >= 4 is 0 Å². The topological polar surface area (TPSA) is 29.5 Å². The van der Waals surface area contributed by atoms with Crippen LogP contribution in [0.5, 0.6) is 5.75 Å². The molecular weight excluding hydrogens is 267 g/mol. The SMILES string of the molecule is COc1cccc(CC(O)C2Cc3ccccc3C2)c1F. The van der Waals surface area contributed by atoms with E-state index >= 15 is 0 Å². The van der Waals surface area contributed by atoms with E-state index in [9.17, 15) is 9.50 Å². The third-order valence-electron chi connectivity index (χ3n) is 4.32. The molecule has 0 fully saturated rings. The summed E-state index contributed by atoms with van der Waals surface area (Å²) in [6.45, 7) is 0. The van der Waals surface area contributed by atoms with Crippen LogP contribution in [0.4, 0.5) is 4.39 Å². The highest BCUT2D eigenvalue weighted by molar-refractivity contribution is 5.34. The van der Waals surface area contributed by atoms with Crippen LogP contribution < -0.4 is 4.74 Å². The molecule has 2 aromatic rings. The third-order valence-corrected chi connectivity index (χ3v) is 4.32. The molecule has 0 bridgehead atoms. The van der Waals surface area contributed by atoms with Crippen molar-refractivity contribution in [3.63, 3.8) is 0 Å². The Kier molecular flexibility index (Phi) is 3.93. The molecule has 1 aliphatic carbocycles. The number of benzene rings is 2. The summed E-state index contributed by atoms with van der Waals surface area (Å²) < 4.78 is 19.1. The molecular formula is C18H19FO2. The van der Waals surface area contributed by atoms with Crippen LogP contribution in [0.3, 0.4) is 0 Å². The van der Waals surface area contributed by atoms with Gasteiger partial charge in [-0.2, -0.15) is 0 Å². The highest BCUT2D eigenvalue weighted by Gasteiger charge is 2.28. The van der Waals surface area contributed by atoms with Gasteiger partial charge >= 0.3 is 0 Å². The van der Waals surface area contributed by atoms with Crippen molar-refractivity contribution in [2.45, 2.75) is 25.4 Å². The summed E-state index contributed by atoms with van der Waals surface area (Å²) in [5.74, 6) is 0.0250. The van der Waals surface area contributed by atoms with Gasteiger partial charge in [0, 0.05) is 6.42 Å². The van der Waals surface area contributed by atoms with Crippen LogP contribution >= 0.6 is 0 Å². The van der Waals surface area contributed by atoms with Crippen LogP contribution in [0.25, 0.3) is 0 Å². The fraction of sp³-hybridized carbons (Fsp3) is 0.333. The van der Waals surface area contributed by atoms with Crippen LogP contribution in [-0.4, -0.2) is 18.3 Å². The van der Waals surface area contributed by atoms with E-state index in [-0.39, 0.29) is 17.5 Å². The van der Waals surface area contributed by atoms with Crippen LogP contribution in [0.2, 0.25) is 0 Å². The fourth-order valence-corrected chi connectivity index (χ4v) is 3.13. The van der Waals surface area contributed by atoms with Gasteiger partial charge in [-0.15, -0.1) is 0 Å². The lowest BCUT2D eigenvalue weighted by atomic mass is 9.93. The molecule has 1 aliphatic rings. The zero-order valence-corrected chi connectivity index (χ0v) is 12.1. The summed E-state index contributed by atoms with van der Waals surface area (Å²) >= 11 is 0. The van der Waals surface area contributed by atoms with Crippen LogP contribution in [0.1, 0.15) is 16.7 Å². The number of methoxy groups -OCH3 is 1. The minimum absolute atomic E-state index is 0.160. The quantitative estimate of drug-likeness (QED) is 0.935. The van der Waals surface area contributed by atoms with E-state index in [0.29, 0.717) is 12.0 Å². The first-order valence-electron chi connectivity index (χ1n) is 7.25. The van der Waals surface area contributed by atoms with Gasteiger partial charge in [-0.3, -0.25) is 0 Å². The Bertz CT molecular complexity index is 614. The van der Waals surface area contributed by atoms with E-state index in [4.69, 9.17) is 4.74 Å². The Morgan fingerprint density at radius 2 is 1.81 bits per heavy atom. The van der Waals surface area contributed by atoms with Crippen molar-refractivity contribution in [3.8, 4) is 5.75 Å². The first-order chi connectivity index (χ1) is 10.2. The van der Waals surface area contributed by atoms with Crippen molar-refractivity contribution in [3.05, 3.63) is 65.0 Å². The standard InChI is InChI=1S/C18H19FO2/c1-21-17-8-4-7-14(18(17)19)11-16(20)15-9-12-5-2-3-6-13(12)10-15/h2-8,15-16,20H,9-11H2,1H3. The molecule has 110 valence electrons. The molecule has 1 N–H and O–H groups in total. The lowest BCUT2D eigenvalue weighted by Crippen LogP contribution is -2.23. The fourth-order valence-electron chi connectivity index (χ4n) is 3.13. The molecule has 0 saturated heterocycles. The van der Waals surface area contributed by atoms with E-state index in [1.54, 1.807) is 18.2 Å². The second-order valence-corrected chi connectivity index (χ2v) is 5.64. The average Bonchev–Trinajstić information content (AvgIpc) is 2.93. The summed E-state index contributed by atoms with van der Waals surface area (Å²) in [6.07, 6.45) is 1.51. The molecule has 0 spiro atoms. The number of fused-ring (bicyclic) bond motifs is 1. The Balaban J connectivity index is 1.72. The molecule has 0 saturated carbocycles. The van der Waals surface area contributed by atoms with Crippen LogP contribution in [0, 0.1) is 11.7 Å². The molecule has 3 rings (SSSR count). The van der Waals surface area contributed by atoms with E-state index < -0.39 is 6.10 Å². The molecule has 0 aliphatic heterocycles. The van der Waals surface area contributed by atoms with E-state index in [1.807, 2.05) is 12.1 Å². The van der Waals surface area contributed by atoms with Crippen LogP contribution in [-0.2, 0) is 19.3 Å². The first-order valence-corrected chi connectivity index (χ1v) is 7.25. The molecule has 2 nitrogen and oxygen atoms in total. The molecule has 21 heavy (non-hydrogen) atoms. The maximum absolute atomic E-state index is 14.1. The maximum Gasteiger partial charge on any atom is 0.168 e. The van der Waals surface area contributed by atoms with Crippen molar-refractivity contribution in [1.29, 1.82) is 0 Å². The average molecular weight is 286 g/mol. The van der Waals surface area contributed by atoms with Crippen molar-refractivity contribution < 1.29 is 14.2 Å². The zero-order valence-electron chi connectivity index (χ0n) is 12.1. The lowest BCUT2D eigenvalue weighted by Gasteiger charge is -2.18. The lowest BCUT2D eigenvalue weighted by molar-refractivity contribution is 0.111.